The topological polar surface area (TPSA) is 140 Å². The van der Waals surface area contributed by atoms with Gasteiger partial charge in [0.2, 0.25) is 0 Å². The van der Waals surface area contributed by atoms with E-state index in [2.05, 4.69) is 20.9 Å². The molecule has 0 spiro atoms. The van der Waals surface area contributed by atoms with E-state index < -0.39 is 5.23 Å². The highest BCUT2D eigenvalue weighted by molar-refractivity contribution is 7.12. The van der Waals surface area contributed by atoms with Crippen LogP contribution >= 0.6 is 11.3 Å². The Morgan fingerprint density at radius 3 is 2.73 bits per heavy atom. The molecule has 4 rings (SSSR count). The van der Waals surface area contributed by atoms with Crippen LogP contribution < -0.4 is 26.9 Å². The highest BCUT2D eigenvalue weighted by Gasteiger charge is 2.14. The number of para-hydroxylation sites is 1. The van der Waals surface area contributed by atoms with Gasteiger partial charge in [0, 0.05) is 29.5 Å². The molecule has 0 fully saturated rings. The number of aromatic nitrogens is 1. The lowest BCUT2D eigenvalue weighted by atomic mass is 10.1. The van der Waals surface area contributed by atoms with Crippen molar-refractivity contribution in [3.05, 3.63) is 99.9 Å². The molecule has 168 valence electrons. The summed E-state index contributed by atoms with van der Waals surface area (Å²) in [4.78, 5) is 17.8. The number of hydrogen-bond acceptors (Lipinski definition) is 8. The second-order valence-corrected chi connectivity index (χ2v) is 8.02. The summed E-state index contributed by atoms with van der Waals surface area (Å²) in [7, 11) is 0. The van der Waals surface area contributed by atoms with Gasteiger partial charge in [-0.15, -0.1) is 11.3 Å². The molecule has 0 bridgehead atoms. The fourth-order valence-corrected chi connectivity index (χ4v) is 4.09. The average molecular weight is 463 g/mol. The predicted octanol–water partition coefficient (Wildman–Crippen LogP) is 3.10. The highest BCUT2D eigenvalue weighted by atomic mass is 32.1. The molecular formula is C23H22N6O3S. The lowest BCUT2D eigenvalue weighted by Crippen LogP contribution is -2.99. The largest absolute Gasteiger partial charge is 0.595 e. The number of nitrogens with two attached hydrogens (primary N) is 1. The van der Waals surface area contributed by atoms with Gasteiger partial charge in [-0.05, 0) is 47.3 Å². The molecule has 0 radical (unpaired) electrons. The van der Waals surface area contributed by atoms with E-state index >= 15 is 0 Å². The number of pyridine rings is 1. The maximum absolute atomic E-state index is 12.9. The SMILES string of the molecule is N/C(=C\[NH+]([O-])O)Nc1cccc(NC(=O)c2sccc2NCc2ccnc3ccccc23)c1. The van der Waals surface area contributed by atoms with Gasteiger partial charge in [-0.25, -0.2) is 5.21 Å². The van der Waals surface area contributed by atoms with E-state index in [0.29, 0.717) is 22.8 Å². The normalized spacial score (nSPS) is 12.4. The maximum Gasteiger partial charge on any atom is 0.267 e. The fraction of sp³-hybridized carbons (Fsp3) is 0.0435. The van der Waals surface area contributed by atoms with Crippen molar-refractivity contribution in [1.82, 2.24) is 4.98 Å². The second-order valence-electron chi connectivity index (χ2n) is 7.10. The molecule has 0 aliphatic rings. The van der Waals surface area contributed by atoms with Crippen LogP contribution in [0.2, 0.25) is 0 Å². The van der Waals surface area contributed by atoms with Crippen LogP contribution in [0, 0.1) is 5.21 Å². The Morgan fingerprint density at radius 2 is 1.91 bits per heavy atom. The summed E-state index contributed by atoms with van der Waals surface area (Å²) in [6, 6.07) is 18.6. The number of nitrogens with zero attached hydrogens (tertiary/aromatic N) is 1. The van der Waals surface area contributed by atoms with Crippen LogP contribution in [0.4, 0.5) is 17.1 Å². The van der Waals surface area contributed by atoms with Gasteiger partial charge in [-0.2, -0.15) is 5.23 Å². The summed E-state index contributed by atoms with van der Waals surface area (Å²) in [5.41, 5.74) is 9.49. The quantitative estimate of drug-likeness (QED) is 0.221. The standard InChI is InChI=1S/C23H22N6O3S/c24-21(14-29(31)32)27-16-4-3-5-17(12-16)28-23(30)22-20(9-11-33-22)26-13-15-8-10-25-19-7-2-1-6-18(15)19/h1-12,14,26-27,29,31H,13,24H2,(H,28,30)/b21-14+. The molecule has 4 aromatic rings. The third-order valence-corrected chi connectivity index (χ3v) is 5.68. The van der Waals surface area contributed by atoms with E-state index in [-0.39, 0.29) is 11.7 Å². The van der Waals surface area contributed by atoms with Crippen molar-refractivity contribution in [3.8, 4) is 0 Å². The van der Waals surface area contributed by atoms with Crippen molar-refractivity contribution >= 4 is 45.2 Å². The van der Waals surface area contributed by atoms with Gasteiger partial charge in [0.15, 0.2) is 12.0 Å². The first kappa shape index (κ1) is 22.2. The van der Waals surface area contributed by atoms with Crippen molar-refractivity contribution in [2.24, 2.45) is 5.73 Å². The van der Waals surface area contributed by atoms with E-state index in [9.17, 15) is 10.0 Å². The number of quaternary nitrogens is 1. The van der Waals surface area contributed by atoms with Gasteiger partial charge in [-0.1, -0.05) is 24.3 Å². The minimum Gasteiger partial charge on any atom is -0.595 e. The van der Waals surface area contributed by atoms with Crippen molar-refractivity contribution in [2.75, 3.05) is 16.0 Å². The zero-order valence-corrected chi connectivity index (χ0v) is 18.2. The van der Waals surface area contributed by atoms with Gasteiger partial charge in [0.05, 0.1) is 11.2 Å². The van der Waals surface area contributed by atoms with E-state index in [1.165, 1.54) is 11.3 Å². The smallest absolute Gasteiger partial charge is 0.267 e. The Hall–Kier alpha value is -3.96. The number of fused-ring (bicyclic) bond motifs is 1. The molecule has 1 atom stereocenters. The fourth-order valence-electron chi connectivity index (χ4n) is 3.32. The molecular weight excluding hydrogens is 440 g/mol. The number of hydrogen-bond donors (Lipinski definition) is 6. The summed E-state index contributed by atoms with van der Waals surface area (Å²) in [6.45, 7) is 0.550. The lowest BCUT2D eigenvalue weighted by molar-refractivity contribution is -1.00. The van der Waals surface area contributed by atoms with Crippen molar-refractivity contribution in [1.29, 1.82) is 0 Å². The van der Waals surface area contributed by atoms with Gasteiger partial charge >= 0.3 is 0 Å². The molecule has 1 amide bonds. The predicted molar refractivity (Wildman–Crippen MR) is 130 cm³/mol. The van der Waals surface area contributed by atoms with Crippen LogP contribution in [0.15, 0.2) is 84.3 Å². The minimum atomic E-state index is -1.15. The van der Waals surface area contributed by atoms with Crippen molar-refractivity contribution in [3.63, 3.8) is 0 Å². The summed E-state index contributed by atoms with van der Waals surface area (Å²) >= 11 is 1.34. The average Bonchev–Trinajstić information content (AvgIpc) is 3.26. The van der Waals surface area contributed by atoms with Gasteiger partial charge in [0.25, 0.3) is 5.91 Å². The Kier molecular flexibility index (Phi) is 6.81. The second kappa shape index (κ2) is 10.1. The zero-order valence-electron chi connectivity index (χ0n) is 17.4. The first-order valence-corrected chi connectivity index (χ1v) is 10.9. The lowest BCUT2D eigenvalue weighted by Gasteiger charge is -2.12. The molecule has 2 aromatic carbocycles. The monoisotopic (exact) mass is 462 g/mol. The highest BCUT2D eigenvalue weighted by Crippen LogP contribution is 2.26. The third kappa shape index (κ3) is 5.64. The molecule has 9 nitrogen and oxygen atoms in total. The molecule has 10 heteroatoms. The molecule has 33 heavy (non-hydrogen) atoms. The van der Waals surface area contributed by atoms with Crippen LogP contribution in [-0.4, -0.2) is 16.1 Å². The number of amides is 1. The van der Waals surface area contributed by atoms with E-state index in [1.54, 1.807) is 30.5 Å². The molecule has 0 saturated carbocycles. The molecule has 2 aromatic heterocycles. The van der Waals surface area contributed by atoms with Crippen LogP contribution in [0.1, 0.15) is 15.2 Å². The van der Waals surface area contributed by atoms with Gasteiger partial charge < -0.3 is 26.9 Å². The molecule has 0 aliphatic heterocycles. The van der Waals surface area contributed by atoms with Crippen LogP contribution in [0.5, 0.6) is 0 Å². The number of benzene rings is 2. The van der Waals surface area contributed by atoms with Gasteiger partial charge in [-0.3, -0.25) is 9.78 Å². The molecule has 2 heterocycles. The number of thiophene rings is 1. The van der Waals surface area contributed by atoms with Gasteiger partial charge in [0.1, 0.15) is 4.88 Å². The Balaban J connectivity index is 1.44. The zero-order chi connectivity index (χ0) is 23.2. The first-order chi connectivity index (χ1) is 16.0. The molecule has 1 unspecified atom stereocenters. The van der Waals surface area contributed by atoms with Crippen molar-refractivity contribution in [2.45, 2.75) is 6.54 Å². The molecule has 0 saturated heterocycles. The summed E-state index contributed by atoms with van der Waals surface area (Å²) in [5, 5.41) is 30.3. The van der Waals surface area contributed by atoms with Crippen LogP contribution in [-0.2, 0) is 6.54 Å². The minimum absolute atomic E-state index is 0.0145. The number of anilines is 3. The van der Waals surface area contributed by atoms with E-state index in [0.717, 1.165) is 28.4 Å². The Morgan fingerprint density at radius 1 is 1.12 bits per heavy atom. The molecule has 0 aliphatic carbocycles. The summed E-state index contributed by atoms with van der Waals surface area (Å²) < 4.78 is 0. The Labute approximate surface area is 193 Å². The van der Waals surface area contributed by atoms with Crippen molar-refractivity contribution < 1.29 is 15.2 Å². The summed E-state index contributed by atoms with van der Waals surface area (Å²) in [6.07, 6.45) is 2.64. The number of rotatable bonds is 8. The molecule has 7 N–H and O–H groups in total. The number of nitrogens with one attached hydrogen (secondary N) is 4. The third-order valence-electron chi connectivity index (χ3n) is 4.77. The number of hydroxylamine groups is 2. The van der Waals surface area contributed by atoms with Crippen LogP contribution in [0.25, 0.3) is 10.9 Å². The number of carbonyl (C=O) groups excluding carboxylic acids is 1. The Bertz CT molecular complexity index is 1300. The summed E-state index contributed by atoms with van der Waals surface area (Å²) in [5.74, 6) is -0.266. The van der Waals surface area contributed by atoms with E-state index in [1.807, 2.05) is 41.8 Å². The van der Waals surface area contributed by atoms with E-state index in [4.69, 9.17) is 10.9 Å². The van der Waals surface area contributed by atoms with Crippen LogP contribution in [0.3, 0.4) is 0 Å². The first-order valence-electron chi connectivity index (χ1n) is 10.0. The maximum atomic E-state index is 12.9. The number of carbonyl (C=O) groups is 1.